The Bertz CT molecular complexity index is 1250. The summed E-state index contributed by atoms with van der Waals surface area (Å²) in [5, 5.41) is 22.6. The van der Waals surface area contributed by atoms with Crippen molar-refractivity contribution in [2.45, 2.75) is 26.9 Å². The summed E-state index contributed by atoms with van der Waals surface area (Å²) < 4.78 is 3.08. The highest BCUT2D eigenvalue weighted by Crippen LogP contribution is 2.24. The van der Waals surface area contributed by atoms with Crippen molar-refractivity contribution in [3.63, 3.8) is 0 Å². The molecule has 4 rings (SSSR count). The van der Waals surface area contributed by atoms with Gasteiger partial charge in [0, 0.05) is 6.20 Å². The Morgan fingerprint density at radius 2 is 1.87 bits per heavy atom. The van der Waals surface area contributed by atoms with Gasteiger partial charge < -0.3 is 10.4 Å². The number of carbonyl (C=O) groups is 2. The fourth-order valence-corrected chi connectivity index (χ4v) is 3.52. The number of aryl methyl sites for hydroxylation is 1. The van der Waals surface area contributed by atoms with E-state index in [1.807, 2.05) is 36.7 Å². The Labute approximate surface area is 172 Å². The van der Waals surface area contributed by atoms with Crippen LogP contribution < -0.4 is 5.32 Å². The molecule has 0 unspecified atom stereocenters. The zero-order valence-corrected chi connectivity index (χ0v) is 16.7. The van der Waals surface area contributed by atoms with Crippen molar-refractivity contribution in [1.82, 2.24) is 19.6 Å². The summed E-state index contributed by atoms with van der Waals surface area (Å²) in [7, 11) is 0. The number of fused-ring (bicyclic) bond motifs is 1. The molecule has 2 heterocycles. The smallest absolute Gasteiger partial charge is 0.325 e. The van der Waals surface area contributed by atoms with Crippen LogP contribution in [0.5, 0.6) is 0 Å². The Hall–Kier alpha value is -3.94. The number of carbonyl (C=O) groups excluding carboxylic acids is 1. The van der Waals surface area contributed by atoms with E-state index in [0.29, 0.717) is 17.9 Å². The minimum atomic E-state index is -1.02. The normalized spacial score (nSPS) is 11.0. The number of carboxylic acids is 1. The first-order valence-electron chi connectivity index (χ1n) is 9.48. The van der Waals surface area contributed by atoms with Gasteiger partial charge in [0.15, 0.2) is 0 Å². The van der Waals surface area contributed by atoms with Gasteiger partial charge in [0.2, 0.25) is 0 Å². The molecule has 0 aliphatic carbocycles. The van der Waals surface area contributed by atoms with Crippen LogP contribution in [0.15, 0.2) is 54.9 Å². The van der Waals surface area contributed by atoms with Crippen molar-refractivity contribution in [1.29, 1.82) is 0 Å². The molecule has 0 radical (unpaired) electrons. The second-order valence-electron chi connectivity index (χ2n) is 7.12. The molecule has 1 amide bonds. The second kappa shape index (κ2) is 7.82. The topological polar surface area (TPSA) is 102 Å². The van der Waals surface area contributed by atoms with E-state index < -0.39 is 5.97 Å². The first kappa shape index (κ1) is 19.4. The van der Waals surface area contributed by atoms with Gasteiger partial charge in [-0.2, -0.15) is 10.2 Å². The van der Waals surface area contributed by atoms with Crippen molar-refractivity contribution < 1.29 is 14.7 Å². The number of aliphatic carboxylic acids is 1. The van der Waals surface area contributed by atoms with Crippen LogP contribution in [0, 0.1) is 13.8 Å². The van der Waals surface area contributed by atoms with Gasteiger partial charge in [-0.25, -0.2) is 0 Å². The zero-order chi connectivity index (χ0) is 21.3. The average Bonchev–Trinajstić information content (AvgIpc) is 3.28. The van der Waals surface area contributed by atoms with E-state index in [-0.39, 0.29) is 18.0 Å². The maximum atomic E-state index is 12.6. The highest BCUT2D eigenvalue weighted by Gasteiger charge is 2.17. The van der Waals surface area contributed by atoms with Crippen LogP contribution in [0.2, 0.25) is 0 Å². The van der Waals surface area contributed by atoms with Crippen LogP contribution >= 0.6 is 0 Å². The van der Waals surface area contributed by atoms with Gasteiger partial charge in [-0.15, -0.1) is 0 Å². The summed E-state index contributed by atoms with van der Waals surface area (Å²) in [5.74, 6) is -1.38. The van der Waals surface area contributed by atoms with E-state index in [1.165, 1.54) is 27.8 Å². The average molecular weight is 403 g/mol. The fraction of sp³-hybridized carbons (Fsp3) is 0.182. The number of benzene rings is 2. The summed E-state index contributed by atoms with van der Waals surface area (Å²) in [6, 6.07) is 14.4. The zero-order valence-electron chi connectivity index (χ0n) is 16.7. The maximum absolute atomic E-state index is 12.6. The molecule has 0 spiro atoms. The van der Waals surface area contributed by atoms with Gasteiger partial charge in [0.25, 0.3) is 5.91 Å². The highest BCUT2D eigenvalue weighted by atomic mass is 16.4. The third-order valence-corrected chi connectivity index (χ3v) is 5.01. The Morgan fingerprint density at radius 1 is 1.10 bits per heavy atom. The van der Waals surface area contributed by atoms with Crippen molar-refractivity contribution >= 4 is 28.3 Å². The molecule has 0 saturated heterocycles. The molecule has 0 fully saturated rings. The number of rotatable bonds is 6. The lowest BCUT2D eigenvalue weighted by atomic mass is 10.0. The molecule has 8 nitrogen and oxygen atoms in total. The number of hydrogen-bond donors (Lipinski definition) is 2. The molecular weight excluding hydrogens is 382 g/mol. The molecular formula is C22H21N5O3. The molecule has 2 N–H and O–H groups in total. The third kappa shape index (κ3) is 3.80. The molecule has 152 valence electrons. The molecule has 0 atom stereocenters. The number of nitrogens with one attached hydrogen (secondary N) is 1. The SMILES string of the molecule is Cc1nn(Cc2cccc3ccccc23)c(C)c1NC(=O)c1cnn(CC(=O)O)c1. The molecule has 2 aromatic heterocycles. The Morgan fingerprint density at radius 3 is 2.67 bits per heavy atom. The van der Waals surface area contributed by atoms with Gasteiger partial charge >= 0.3 is 5.97 Å². The van der Waals surface area contributed by atoms with Gasteiger partial charge in [0.05, 0.1) is 35.4 Å². The standard InChI is InChI=1S/C22H21N5O3/c1-14-21(24-22(30)18-10-23-26(11-18)13-20(28)29)15(2)27(25-14)12-17-8-5-7-16-6-3-4-9-19(16)17/h3-11H,12-13H2,1-2H3,(H,24,30)(H,28,29). The minimum Gasteiger partial charge on any atom is -0.480 e. The predicted molar refractivity (Wildman–Crippen MR) is 113 cm³/mol. The number of amides is 1. The highest BCUT2D eigenvalue weighted by molar-refractivity contribution is 6.04. The van der Waals surface area contributed by atoms with Crippen LogP contribution in [-0.4, -0.2) is 36.5 Å². The first-order chi connectivity index (χ1) is 14.4. The van der Waals surface area contributed by atoms with Crippen LogP contribution in [0.25, 0.3) is 10.8 Å². The summed E-state index contributed by atoms with van der Waals surface area (Å²) in [4.78, 5) is 23.4. The number of carboxylic acid groups (broad SMARTS) is 1. The number of aromatic nitrogens is 4. The first-order valence-corrected chi connectivity index (χ1v) is 9.48. The fourth-order valence-electron chi connectivity index (χ4n) is 3.52. The largest absolute Gasteiger partial charge is 0.480 e. The number of anilines is 1. The molecule has 0 saturated carbocycles. The molecule has 8 heteroatoms. The van der Waals surface area contributed by atoms with E-state index >= 15 is 0 Å². The molecule has 30 heavy (non-hydrogen) atoms. The van der Waals surface area contributed by atoms with Crippen molar-refractivity contribution in [3.8, 4) is 0 Å². The van der Waals surface area contributed by atoms with Gasteiger partial charge in [-0.3, -0.25) is 19.0 Å². The predicted octanol–water partition coefficient (Wildman–Crippen LogP) is 3.23. The van der Waals surface area contributed by atoms with Crippen molar-refractivity contribution in [3.05, 3.63) is 77.4 Å². The third-order valence-electron chi connectivity index (χ3n) is 5.01. The van der Waals surface area contributed by atoms with Crippen LogP contribution in [0.3, 0.4) is 0 Å². The lowest BCUT2D eigenvalue weighted by molar-refractivity contribution is -0.137. The van der Waals surface area contributed by atoms with Crippen LogP contribution in [-0.2, 0) is 17.9 Å². The van der Waals surface area contributed by atoms with E-state index in [0.717, 1.165) is 11.3 Å². The minimum absolute atomic E-state index is 0.289. The van der Waals surface area contributed by atoms with E-state index in [4.69, 9.17) is 5.11 Å². The summed E-state index contributed by atoms with van der Waals surface area (Å²) in [6.45, 7) is 4.04. The quantitative estimate of drug-likeness (QED) is 0.515. The second-order valence-corrected chi connectivity index (χ2v) is 7.12. The van der Waals surface area contributed by atoms with Gasteiger partial charge in [0.1, 0.15) is 6.54 Å². The van der Waals surface area contributed by atoms with E-state index in [2.05, 4.69) is 39.8 Å². The molecule has 2 aromatic carbocycles. The molecule has 0 aliphatic heterocycles. The Balaban J connectivity index is 1.57. The van der Waals surface area contributed by atoms with E-state index in [9.17, 15) is 9.59 Å². The summed E-state index contributed by atoms with van der Waals surface area (Å²) in [5.41, 5.74) is 3.63. The summed E-state index contributed by atoms with van der Waals surface area (Å²) in [6.07, 6.45) is 2.76. The maximum Gasteiger partial charge on any atom is 0.325 e. The van der Waals surface area contributed by atoms with Gasteiger partial charge in [-0.1, -0.05) is 42.5 Å². The Kier molecular flexibility index (Phi) is 5.05. The molecule has 0 bridgehead atoms. The van der Waals surface area contributed by atoms with E-state index in [1.54, 1.807) is 0 Å². The molecule has 0 aliphatic rings. The summed E-state index contributed by atoms with van der Waals surface area (Å²) >= 11 is 0. The van der Waals surface area contributed by atoms with Crippen LogP contribution in [0.1, 0.15) is 27.3 Å². The number of hydrogen-bond acceptors (Lipinski definition) is 4. The lowest BCUT2D eigenvalue weighted by Gasteiger charge is -2.09. The van der Waals surface area contributed by atoms with Gasteiger partial charge in [-0.05, 0) is 30.2 Å². The monoisotopic (exact) mass is 403 g/mol. The lowest BCUT2D eigenvalue weighted by Crippen LogP contribution is -2.13. The van der Waals surface area contributed by atoms with Crippen molar-refractivity contribution in [2.24, 2.45) is 0 Å². The number of nitrogens with zero attached hydrogens (tertiary/aromatic N) is 4. The van der Waals surface area contributed by atoms with Crippen LogP contribution in [0.4, 0.5) is 5.69 Å². The van der Waals surface area contributed by atoms with Crippen molar-refractivity contribution in [2.75, 3.05) is 5.32 Å². The molecule has 4 aromatic rings.